The van der Waals surface area contributed by atoms with E-state index in [2.05, 4.69) is 0 Å². The van der Waals surface area contributed by atoms with Crippen molar-refractivity contribution in [3.63, 3.8) is 0 Å². The van der Waals surface area contributed by atoms with E-state index in [4.69, 9.17) is 18.6 Å². The quantitative estimate of drug-likeness (QED) is 0.327. The number of rotatable bonds is 0. The van der Waals surface area contributed by atoms with E-state index in [0.29, 0.717) is 0 Å². The fourth-order valence-electron chi connectivity index (χ4n) is 0. The Balaban J connectivity index is -0.0000000178. The van der Waals surface area contributed by atoms with Gasteiger partial charge in [-0.2, -0.15) is 0 Å². The van der Waals surface area contributed by atoms with Crippen molar-refractivity contribution in [1.82, 2.24) is 0 Å². The SMILES string of the molecule is F[B-](F)(F)F.[Cl-].[Na+].[Na+].[Na+].[O-][Cl+3]([O-])([O-])[O-]. The smallest absolute Gasteiger partial charge is 1.00 e. The second kappa shape index (κ2) is 16.2. The molecule has 4 nitrogen and oxygen atoms in total. The zero-order valence-electron chi connectivity index (χ0n) is 7.48. The van der Waals surface area contributed by atoms with E-state index in [1.54, 1.807) is 0 Å². The van der Waals surface area contributed by atoms with Crippen LogP contribution in [0, 0.1) is 10.2 Å². The summed E-state index contributed by atoms with van der Waals surface area (Å²) in [6.07, 6.45) is 0. The standard InChI is InChI=1S/BF4.ClHO4.ClH.3Na/c2*2-1(3,4)5;;;;/h;(H,2,3,4,5);1H;;;/q-1;;;3*+1/p-2. The van der Waals surface area contributed by atoms with E-state index in [1.807, 2.05) is 0 Å². The van der Waals surface area contributed by atoms with Crippen LogP contribution >= 0.6 is 0 Å². The maximum absolute atomic E-state index is 9.75. The van der Waals surface area contributed by atoms with Crippen LogP contribution in [0.4, 0.5) is 17.3 Å². The van der Waals surface area contributed by atoms with Gasteiger partial charge in [0, 0.05) is 0 Å². The molecule has 0 heterocycles. The fourth-order valence-corrected chi connectivity index (χ4v) is 0. The zero-order valence-corrected chi connectivity index (χ0v) is 15.0. The molecule has 0 aliphatic carbocycles. The van der Waals surface area contributed by atoms with E-state index >= 15 is 0 Å². The first-order valence-corrected chi connectivity index (χ1v) is 2.72. The maximum Gasteiger partial charge on any atom is 1.00 e. The molecule has 0 aromatic rings. The van der Waals surface area contributed by atoms with Crippen molar-refractivity contribution in [2.24, 2.45) is 0 Å². The fraction of sp³-hybridized carbons (Fsp3) is 0. The van der Waals surface area contributed by atoms with Gasteiger partial charge in [0.05, 0.1) is 0 Å². The Hall–Kier alpha value is 3.20. The van der Waals surface area contributed by atoms with Gasteiger partial charge in [-0.25, -0.2) is 18.6 Å². The van der Waals surface area contributed by atoms with E-state index in [9.17, 15) is 17.3 Å². The van der Waals surface area contributed by atoms with Gasteiger partial charge in [0.25, 0.3) is 0 Å². The summed E-state index contributed by atoms with van der Waals surface area (Å²) >= 11 is 0. The van der Waals surface area contributed by atoms with Crippen LogP contribution in [0.2, 0.25) is 0 Å². The molecule has 0 amide bonds. The third-order valence-electron chi connectivity index (χ3n) is 0. The molecule has 72 valence electrons. The predicted octanol–water partition coefficient (Wildman–Crippen LogP) is -15.4. The van der Waals surface area contributed by atoms with Gasteiger partial charge in [-0.05, 0) is 0 Å². The van der Waals surface area contributed by atoms with Crippen LogP contribution in [0.15, 0.2) is 0 Å². The van der Waals surface area contributed by atoms with Crippen LogP contribution in [0.3, 0.4) is 0 Å². The largest absolute Gasteiger partial charge is 1.00 e. The normalized spacial score (nSPS) is 8.57. The van der Waals surface area contributed by atoms with Crippen molar-refractivity contribution >= 4 is 7.25 Å². The van der Waals surface area contributed by atoms with Crippen LogP contribution in [0.25, 0.3) is 0 Å². The van der Waals surface area contributed by atoms with Gasteiger partial charge < -0.3 is 29.7 Å². The van der Waals surface area contributed by atoms with Crippen LogP contribution in [0.5, 0.6) is 0 Å². The van der Waals surface area contributed by atoms with Crippen molar-refractivity contribution in [3.8, 4) is 0 Å². The van der Waals surface area contributed by atoms with Gasteiger partial charge in [-0.3, -0.25) is 0 Å². The first-order valence-electron chi connectivity index (χ1n) is 1.49. The summed E-state index contributed by atoms with van der Waals surface area (Å²) in [5, 5.41) is 0. The van der Waals surface area contributed by atoms with Crippen molar-refractivity contribution < 1.29 is 147 Å². The van der Waals surface area contributed by atoms with E-state index in [0.717, 1.165) is 0 Å². The Bertz CT molecular complexity index is 73.6. The van der Waals surface area contributed by atoms with Crippen LogP contribution in [-0.2, 0) is 0 Å². The molecule has 0 atom stereocenters. The van der Waals surface area contributed by atoms with Crippen molar-refractivity contribution in [2.75, 3.05) is 0 Å². The van der Waals surface area contributed by atoms with Gasteiger partial charge in [0.15, 0.2) is 0 Å². The molecule has 0 fully saturated rings. The molecule has 0 radical (unpaired) electrons. The summed E-state index contributed by atoms with van der Waals surface area (Å²) in [7, 11) is -10.9. The predicted molar refractivity (Wildman–Crippen MR) is 10.2 cm³/mol. The first kappa shape index (κ1) is 36.0. The van der Waals surface area contributed by atoms with Crippen molar-refractivity contribution in [3.05, 3.63) is 0 Å². The summed E-state index contributed by atoms with van der Waals surface area (Å²) < 4.78 is 73.0. The third kappa shape index (κ3) is 299. The molecule has 0 aliphatic rings. The maximum atomic E-state index is 9.75. The van der Waals surface area contributed by atoms with Gasteiger partial charge in [-0.15, -0.1) is 10.2 Å². The number of hydrogen-bond acceptors (Lipinski definition) is 4. The molecule has 0 spiro atoms. The van der Waals surface area contributed by atoms with Crippen LogP contribution in [-0.4, -0.2) is 7.25 Å². The monoisotopic (exact) mass is 290 g/mol. The minimum absolute atomic E-state index is 0. The molecule has 0 unspecified atom stereocenters. The van der Waals surface area contributed by atoms with E-state index in [-0.39, 0.29) is 101 Å². The average Bonchev–Trinajstić information content (AvgIpc) is 1.12. The minimum atomic E-state index is -6.00. The van der Waals surface area contributed by atoms with Crippen molar-refractivity contribution in [2.45, 2.75) is 0 Å². The number of halogens is 6. The molecule has 14 heavy (non-hydrogen) atoms. The molecule has 0 N–H and O–H groups in total. The molecule has 0 aliphatic heterocycles. The Labute approximate surface area is 152 Å². The Morgan fingerprint density at radius 1 is 0.714 bits per heavy atom. The van der Waals surface area contributed by atoms with Crippen molar-refractivity contribution in [1.29, 1.82) is 0 Å². The zero-order chi connectivity index (χ0) is 9.00. The molecule has 0 aromatic carbocycles. The first-order chi connectivity index (χ1) is 4.00. The molecule has 0 aromatic heterocycles. The molecule has 0 saturated carbocycles. The summed E-state index contributed by atoms with van der Waals surface area (Å²) in [6, 6.07) is 0. The summed E-state index contributed by atoms with van der Waals surface area (Å²) in [5.74, 6) is 0. The average molecular weight is 291 g/mol. The summed E-state index contributed by atoms with van der Waals surface area (Å²) in [5.41, 5.74) is 0. The minimum Gasteiger partial charge on any atom is -1.00 e. The molecular weight excluding hydrogens is 291 g/mol. The molecule has 0 bridgehead atoms. The van der Waals surface area contributed by atoms with Crippen LogP contribution < -0.4 is 120 Å². The van der Waals surface area contributed by atoms with Crippen LogP contribution in [0.1, 0.15) is 0 Å². The molecule has 0 rings (SSSR count). The Kier molecular flexibility index (Phi) is 41.7. The molecule has 0 saturated heterocycles. The van der Waals surface area contributed by atoms with E-state index in [1.165, 1.54) is 0 Å². The Morgan fingerprint density at radius 2 is 0.714 bits per heavy atom. The van der Waals surface area contributed by atoms with Gasteiger partial charge >= 0.3 is 95.9 Å². The van der Waals surface area contributed by atoms with E-state index < -0.39 is 17.5 Å². The second-order valence-corrected chi connectivity index (χ2v) is 1.63. The van der Waals surface area contributed by atoms with Gasteiger partial charge in [0.1, 0.15) is 0 Å². The molecular formula is BCl2F4Na3O4. The van der Waals surface area contributed by atoms with Gasteiger partial charge in [0.2, 0.25) is 0 Å². The second-order valence-electron chi connectivity index (χ2n) is 0.873. The van der Waals surface area contributed by atoms with Gasteiger partial charge in [-0.1, -0.05) is 0 Å². The third-order valence-corrected chi connectivity index (χ3v) is 0. The summed E-state index contributed by atoms with van der Waals surface area (Å²) in [4.78, 5) is 0. The summed E-state index contributed by atoms with van der Waals surface area (Å²) in [6.45, 7) is 0. The Morgan fingerprint density at radius 3 is 0.714 bits per heavy atom. The topological polar surface area (TPSA) is 92.2 Å². The number of hydrogen-bond donors (Lipinski definition) is 0. The molecule has 14 heteroatoms.